The number of halogens is 4. The van der Waals surface area contributed by atoms with E-state index in [1.54, 1.807) is 39.9 Å². The van der Waals surface area contributed by atoms with Gasteiger partial charge in [-0.05, 0) is 35.3 Å². The quantitative estimate of drug-likeness (QED) is 0.547. The predicted molar refractivity (Wildman–Crippen MR) is 109 cm³/mol. The molecule has 30 heavy (non-hydrogen) atoms. The van der Waals surface area contributed by atoms with Crippen molar-refractivity contribution in [2.75, 3.05) is 4.90 Å². The molecule has 1 aromatic carbocycles. The second kappa shape index (κ2) is 6.97. The fourth-order valence-corrected chi connectivity index (χ4v) is 3.98. The molecule has 1 aliphatic rings. The highest BCUT2D eigenvalue weighted by Crippen LogP contribution is 2.35. The van der Waals surface area contributed by atoms with Crippen LogP contribution in [0.5, 0.6) is 0 Å². The summed E-state index contributed by atoms with van der Waals surface area (Å²) in [5.41, 5.74) is -0.114. The largest absolute Gasteiger partial charge is 0.434 e. The van der Waals surface area contributed by atoms with Crippen LogP contribution in [0.1, 0.15) is 25.1 Å². The van der Waals surface area contributed by atoms with Gasteiger partial charge in [-0.1, -0.05) is 24.3 Å². The van der Waals surface area contributed by atoms with Gasteiger partial charge in [-0.25, -0.2) is 9.67 Å². The number of rotatable bonds is 3. The molecule has 0 aliphatic carbocycles. The summed E-state index contributed by atoms with van der Waals surface area (Å²) in [4.78, 5) is 18.4. The molecule has 0 radical (unpaired) electrons. The third kappa shape index (κ3) is 3.64. The molecule has 4 rings (SSSR count). The fraction of sp³-hybridized carbons (Fsp3) is 0.350. The van der Waals surface area contributed by atoms with Crippen molar-refractivity contribution in [3.05, 3.63) is 52.4 Å². The summed E-state index contributed by atoms with van der Waals surface area (Å²) in [6.07, 6.45) is -3.52. The molecule has 0 unspecified atom stereocenters. The number of carbonyl (C=O) groups excluding carboxylic acids is 1. The van der Waals surface area contributed by atoms with E-state index in [0.717, 1.165) is 11.8 Å². The number of benzene rings is 1. The van der Waals surface area contributed by atoms with Gasteiger partial charge in [0.05, 0.1) is 18.5 Å². The molecule has 158 valence electrons. The van der Waals surface area contributed by atoms with Gasteiger partial charge in [-0.2, -0.15) is 18.3 Å². The highest BCUT2D eigenvalue weighted by Gasteiger charge is 2.40. The van der Waals surface area contributed by atoms with Crippen LogP contribution >= 0.6 is 15.9 Å². The Balaban J connectivity index is 1.61. The Morgan fingerprint density at radius 3 is 2.47 bits per heavy atom. The highest BCUT2D eigenvalue weighted by atomic mass is 79.9. The average Bonchev–Trinajstić information content (AvgIpc) is 3.21. The van der Waals surface area contributed by atoms with Crippen molar-refractivity contribution in [2.24, 2.45) is 12.5 Å². The third-order valence-corrected chi connectivity index (χ3v) is 5.48. The number of nitrogens with zero attached hydrogens (tertiary/aromatic N) is 5. The molecule has 10 heteroatoms. The van der Waals surface area contributed by atoms with Gasteiger partial charge in [0.25, 0.3) is 0 Å². The van der Waals surface area contributed by atoms with Crippen LogP contribution in [0.25, 0.3) is 11.4 Å². The maximum Gasteiger partial charge on any atom is 0.434 e. The minimum Gasteiger partial charge on any atom is -0.333 e. The normalized spacial score (nSPS) is 16.1. The number of imidazole rings is 1. The van der Waals surface area contributed by atoms with Crippen molar-refractivity contribution in [1.82, 2.24) is 19.3 Å². The van der Waals surface area contributed by atoms with E-state index in [1.165, 1.54) is 11.6 Å². The molecule has 2 aromatic heterocycles. The molecule has 0 saturated heterocycles. The SMILES string of the molecule is Cn1cc(C(F)(F)F)nc1-c1ccc(CN2C(=O)C(C)(C)Cn3nc(Br)cc32)cc1. The van der Waals surface area contributed by atoms with Crippen LogP contribution < -0.4 is 4.90 Å². The van der Waals surface area contributed by atoms with Gasteiger partial charge in [-0.15, -0.1) is 0 Å². The van der Waals surface area contributed by atoms with E-state index in [2.05, 4.69) is 26.0 Å². The summed E-state index contributed by atoms with van der Waals surface area (Å²) >= 11 is 3.36. The predicted octanol–water partition coefficient (Wildman–Crippen LogP) is 4.64. The molecule has 0 bridgehead atoms. The van der Waals surface area contributed by atoms with Crippen molar-refractivity contribution in [3.8, 4) is 11.4 Å². The second-order valence-corrected chi connectivity index (χ2v) is 8.83. The van der Waals surface area contributed by atoms with Gasteiger partial charge in [0.1, 0.15) is 16.2 Å². The van der Waals surface area contributed by atoms with Crippen LogP contribution in [0.2, 0.25) is 0 Å². The minimum atomic E-state index is -4.49. The van der Waals surface area contributed by atoms with Crippen LogP contribution in [0.4, 0.5) is 19.0 Å². The van der Waals surface area contributed by atoms with Crippen LogP contribution in [0.3, 0.4) is 0 Å². The molecule has 6 nitrogen and oxygen atoms in total. The zero-order valence-electron chi connectivity index (χ0n) is 16.5. The molecule has 1 amide bonds. The lowest BCUT2D eigenvalue weighted by molar-refractivity contribution is -0.140. The Morgan fingerprint density at radius 1 is 1.20 bits per heavy atom. The lowest BCUT2D eigenvalue weighted by Gasteiger charge is -2.37. The Morgan fingerprint density at radius 2 is 1.87 bits per heavy atom. The van der Waals surface area contributed by atoms with E-state index in [1.807, 2.05) is 13.8 Å². The lowest BCUT2D eigenvalue weighted by Crippen LogP contribution is -2.48. The Hall–Kier alpha value is -2.62. The Kier molecular flexibility index (Phi) is 4.80. The molecule has 3 heterocycles. The zero-order chi connectivity index (χ0) is 21.8. The summed E-state index contributed by atoms with van der Waals surface area (Å²) in [5, 5.41) is 4.40. The number of aromatic nitrogens is 4. The van der Waals surface area contributed by atoms with E-state index >= 15 is 0 Å². The van der Waals surface area contributed by atoms with Gasteiger partial charge < -0.3 is 4.57 Å². The van der Waals surface area contributed by atoms with Gasteiger partial charge in [0.15, 0.2) is 5.69 Å². The van der Waals surface area contributed by atoms with Gasteiger partial charge in [0.2, 0.25) is 5.91 Å². The number of carbonyl (C=O) groups is 1. The van der Waals surface area contributed by atoms with E-state index in [-0.39, 0.29) is 11.7 Å². The molecule has 0 atom stereocenters. The number of fused-ring (bicyclic) bond motifs is 1. The van der Waals surface area contributed by atoms with Crippen molar-refractivity contribution in [1.29, 1.82) is 0 Å². The standard InChI is InChI=1S/C20H19BrF3N5O/c1-19(2)11-29-16(8-15(21)26-29)28(18(19)30)9-12-4-6-13(7-5-12)17-25-14(10-27(17)3)20(22,23)24/h4-8,10H,9,11H2,1-3H3. The monoisotopic (exact) mass is 481 g/mol. The number of amides is 1. The molecule has 0 spiro atoms. The zero-order valence-corrected chi connectivity index (χ0v) is 18.1. The summed E-state index contributed by atoms with van der Waals surface area (Å²) in [6.45, 7) is 4.57. The van der Waals surface area contributed by atoms with E-state index in [9.17, 15) is 18.0 Å². The smallest absolute Gasteiger partial charge is 0.333 e. The molecule has 1 aliphatic heterocycles. The first-order chi connectivity index (χ1) is 14.0. The molecule has 3 aromatic rings. The Labute approximate surface area is 179 Å². The summed E-state index contributed by atoms with van der Waals surface area (Å²) in [5.74, 6) is 0.922. The van der Waals surface area contributed by atoms with Crippen molar-refractivity contribution >= 4 is 27.7 Å². The lowest BCUT2D eigenvalue weighted by atomic mass is 9.89. The second-order valence-electron chi connectivity index (χ2n) is 8.01. The molecule has 0 saturated carbocycles. The van der Waals surface area contributed by atoms with Crippen LogP contribution in [0.15, 0.2) is 41.1 Å². The van der Waals surface area contributed by atoms with E-state index in [4.69, 9.17) is 0 Å². The number of alkyl halides is 3. The first-order valence-electron chi connectivity index (χ1n) is 9.21. The maximum absolute atomic E-state index is 13.0. The maximum atomic E-state index is 13.0. The van der Waals surface area contributed by atoms with Crippen molar-refractivity contribution < 1.29 is 18.0 Å². The average molecular weight is 482 g/mol. The van der Waals surface area contributed by atoms with Gasteiger partial charge >= 0.3 is 6.18 Å². The number of anilines is 1. The third-order valence-electron chi connectivity index (χ3n) is 5.09. The first kappa shape index (κ1) is 20.6. The van der Waals surface area contributed by atoms with E-state index < -0.39 is 17.3 Å². The van der Waals surface area contributed by atoms with E-state index in [0.29, 0.717) is 29.1 Å². The minimum absolute atomic E-state index is 0.00889. The summed E-state index contributed by atoms with van der Waals surface area (Å²) < 4.78 is 42.6. The molecule has 0 fully saturated rings. The first-order valence-corrected chi connectivity index (χ1v) is 10.0. The van der Waals surface area contributed by atoms with Crippen LogP contribution in [0, 0.1) is 5.41 Å². The number of hydrogen-bond donors (Lipinski definition) is 0. The van der Waals surface area contributed by atoms with Crippen molar-refractivity contribution in [3.63, 3.8) is 0 Å². The number of hydrogen-bond acceptors (Lipinski definition) is 3. The topological polar surface area (TPSA) is 56.0 Å². The number of aryl methyl sites for hydroxylation is 1. The van der Waals surface area contributed by atoms with Crippen LogP contribution in [-0.2, 0) is 31.1 Å². The van der Waals surface area contributed by atoms with Gasteiger partial charge in [0, 0.05) is 24.9 Å². The van der Waals surface area contributed by atoms with Crippen molar-refractivity contribution in [2.45, 2.75) is 33.1 Å². The molecular formula is C20H19BrF3N5O. The fourth-order valence-electron chi connectivity index (χ4n) is 3.59. The summed E-state index contributed by atoms with van der Waals surface area (Å²) in [6, 6.07) is 8.81. The highest BCUT2D eigenvalue weighted by molar-refractivity contribution is 9.10. The Bertz CT molecular complexity index is 1110. The van der Waals surface area contributed by atoms with Gasteiger partial charge in [-0.3, -0.25) is 9.69 Å². The van der Waals surface area contributed by atoms with Crippen LogP contribution in [-0.4, -0.2) is 25.2 Å². The summed E-state index contributed by atoms with van der Waals surface area (Å²) in [7, 11) is 1.53. The molecular weight excluding hydrogens is 463 g/mol. The molecule has 0 N–H and O–H groups in total.